The predicted molar refractivity (Wildman–Crippen MR) is 108 cm³/mol. The van der Waals surface area contributed by atoms with Gasteiger partial charge in [0.2, 0.25) is 0 Å². The zero-order valence-corrected chi connectivity index (χ0v) is 16.8. The van der Waals surface area contributed by atoms with Crippen molar-refractivity contribution in [3.05, 3.63) is 90.3 Å². The molecule has 3 unspecified atom stereocenters. The van der Waals surface area contributed by atoms with Gasteiger partial charge in [-0.15, -0.1) is 0 Å². The van der Waals surface area contributed by atoms with Crippen molar-refractivity contribution in [2.24, 2.45) is 11.3 Å². The van der Waals surface area contributed by atoms with Gasteiger partial charge in [-0.05, 0) is 60.5 Å². The maximum Gasteiger partial charge on any atom is 0.311 e. The first-order valence-corrected chi connectivity index (χ1v) is 9.80. The van der Waals surface area contributed by atoms with Gasteiger partial charge in [0, 0.05) is 17.8 Å². The molecular weight excluding hydrogens is 388 g/mol. The normalized spacial score (nSPS) is 23.0. The summed E-state index contributed by atoms with van der Waals surface area (Å²) in [6, 6.07) is 15.1. The van der Waals surface area contributed by atoms with E-state index in [0.29, 0.717) is 12.2 Å². The van der Waals surface area contributed by atoms with E-state index >= 15 is 0 Å². The highest BCUT2D eigenvalue weighted by atomic mass is 19.1. The lowest BCUT2D eigenvalue weighted by Gasteiger charge is -2.33. The molecule has 0 spiro atoms. The monoisotopic (exact) mass is 411 g/mol. The van der Waals surface area contributed by atoms with Gasteiger partial charge in [-0.3, -0.25) is 4.79 Å². The fourth-order valence-corrected chi connectivity index (χ4v) is 4.71. The molecule has 1 saturated carbocycles. The number of benzene rings is 2. The Labute approximate surface area is 173 Å². The molecule has 0 aliphatic heterocycles. The van der Waals surface area contributed by atoms with Gasteiger partial charge in [-0.1, -0.05) is 26.0 Å². The number of aliphatic carboxylic acids is 1. The summed E-state index contributed by atoms with van der Waals surface area (Å²) in [5.74, 6) is -2.04. The molecule has 4 rings (SSSR count). The molecule has 1 heterocycles. The number of hydrogen-bond donors (Lipinski definition) is 1. The SMILES string of the molecule is CC1(C)C(C(=O)O)C1(Oc1ccc(F)cc1)C(Cc1ccc(F)cc1)n1cccc1. The van der Waals surface area contributed by atoms with Crippen LogP contribution in [0.4, 0.5) is 8.78 Å². The lowest BCUT2D eigenvalue weighted by Crippen LogP contribution is -2.39. The summed E-state index contributed by atoms with van der Waals surface area (Å²) >= 11 is 0. The molecule has 3 aromatic rings. The maximum atomic E-state index is 13.4. The Morgan fingerprint density at radius 3 is 2.07 bits per heavy atom. The van der Waals surface area contributed by atoms with Gasteiger partial charge in [0.05, 0.1) is 6.04 Å². The summed E-state index contributed by atoms with van der Waals surface area (Å²) in [6.07, 6.45) is 4.19. The van der Waals surface area contributed by atoms with Crippen molar-refractivity contribution in [2.75, 3.05) is 0 Å². The van der Waals surface area contributed by atoms with Gasteiger partial charge in [-0.25, -0.2) is 8.78 Å². The van der Waals surface area contributed by atoms with Crippen molar-refractivity contribution in [1.29, 1.82) is 0 Å². The Morgan fingerprint density at radius 1 is 1.03 bits per heavy atom. The molecule has 1 N–H and O–H groups in total. The number of carboxylic acid groups (broad SMARTS) is 1. The van der Waals surface area contributed by atoms with Crippen LogP contribution in [0.2, 0.25) is 0 Å². The number of nitrogens with zero attached hydrogens (tertiary/aromatic N) is 1. The predicted octanol–water partition coefficient (Wildman–Crippen LogP) is 5.11. The Balaban J connectivity index is 1.80. The van der Waals surface area contributed by atoms with Crippen molar-refractivity contribution in [2.45, 2.75) is 31.9 Å². The van der Waals surface area contributed by atoms with Gasteiger partial charge in [-0.2, -0.15) is 0 Å². The van der Waals surface area contributed by atoms with Crippen molar-refractivity contribution >= 4 is 5.97 Å². The van der Waals surface area contributed by atoms with E-state index in [2.05, 4.69) is 0 Å². The van der Waals surface area contributed by atoms with E-state index < -0.39 is 28.7 Å². The first-order chi connectivity index (χ1) is 14.3. The molecule has 1 aromatic heterocycles. The summed E-state index contributed by atoms with van der Waals surface area (Å²) in [5.41, 5.74) is -0.907. The second-order valence-electron chi connectivity index (χ2n) is 8.32. The average molecular weight is 411 g/mol. The summed E-state index contributed by atoms with van der Waals surface area (Å²) < 4.78 is 35.2. The molecule has 30 heavy (non-hydrogen) atoms. The van der Waals surface area contributed by atoms with E-state index in [-0.39, 0.29) is 11.9 Å². The van der Waals surface area contributed by atoms with Crippen LogP contribution >= 0.6 is 0 Å². The van der Waals surface area contributed by atoms with E-state index in [9.17, 15) is 18.7 Å². The van der Waals surface area contributed by atoms with Crippen LogP contribution < -0.4 is 4.74 Å². The second-order valence-corrected chi connectivity index (χ2v) is 8.32. The third-order valence-corrected chi connectivity index (χ3v) is 6.25. The van der Waals surface area contributed by atoms with Crippen molar-refractivity contribution < 1.29 is 23.4 Å². The molecule has 0 saturated heterocycles. The molecule has 6 heteroatoms. The highest BCUT2D eigenvalue weighted by Crippen LogP contribution is 2.69. The Morgan fingerprint density at radius 2 is 1.57 bits per heavy atom. The summed E-state index contributed by atoms with van der Waals surface area (Å²) in [7, 11) is 0. The highest BCUT2D eigenvalue weighted by molar-refractivity contribution is 5.78. The van der Waals surface area contributed by atoms with Gasteiger partial charge >= 0.3 is 5.97 Å². The van der Waals surface area contributed by atoms with E-state index in [1.54, 1.807) is 12.1 Å². The minimum absolute atomic E-state index is 0.330. The van der Waals surface area contributed by atoms with Crippen LogP contribution in [-0.4, -0.2) is 21.2 Å². The number of carboxylic acids is 1. The molecule has 0 radical (unpaired) electrons. The third-order valence-electron chi connectivity index (χ3n) is 6.25. The minimum Gasteiger partial charge on any atom is -0.484 e. The van der Waals surface area contributed by atoms with E-state index in [1.807, 2.05) is 42.9 Å². The molecule has 3 atom stereocenters. The zero-order valence-electron chi connectivity index (χ0n) is 16.8. The minimum atomic E-state index is -1.08. The molecule has 1 aliphatic carbocycles. The van der Waals surface area contributed by atoms with Crippen LogP contribution in [0.25, 0.3) is 0 Å². The van der Waals surface area contributed by atoms with Gasteiger partial charge in [0.15, 0.2) is 0 Å². The van der Waals surface area contributed by atoms with Crippen LogP contribution in [0.3, 0.4) is 0 Å². The number of halogens is 2. The number of hydrogen-bond acceptors (Lipinski definition) is 2. The summed E-state index contributed by atoms with van der Waals surface area (Å²) in [5, 5.41) is 10.00. The molecule has 156 valence electrons. The van der Waals surface area contributed by atoms with E-state index in [0.717, 1.165) is 5.56 Å². The molecule has 0 amide bonds. The summed E-state index contributed by atoms with van der Waals surface area (Å²) in [6.45, 7) is 3.74. The van der Waals surface area contributed by atoms with Crippen LogP contribution in [-0.2, 0) is 11.2 Å². The quantitative estimate of drug-likeness (QED) is 0.588. The average Bonchev–Trinajstić information content (AvgIpc) is 3.03. The third kappa shape index (κ3) is 3.26. The zero-order chi connectivity index (χ0) is 21.5. The van der Waals surface area contributed by atoms with Crippen molar-refractivity contribution in [3.63, 3.8) is 0 Å². The molecule has 1 aliphatic rings. The largest absolute Gasteiger partial charge is 0.484 e. The second kappa shape index (κ2) is 7.27. The Bertz CT molecular complexity index is 1030. The van der Waals surface area contributed by atoms with Crippen molar-refractivity contribution in [3.8, 4) is 5.75 Å². The van der Waals surface area contributed by atoms with E-state index in [1.165, 1.54) is 36.4 Å². The lowest BCUT2D eigenvalue weighted by molar-refractivity contribution is -0.140. The molecule has 1 fully saturated rings. The smallest absolute Gasteiger partial charge is 0.311 e. The van der Waals surface area contributed by atoms with Crippen LogP contribution in [0.1, 0.15) is 25.5 Å². The molecule has 4 nitrogen and oxygen atoms in total. The number of aromatic nitrogens is 1. The van der Waals surface area contributed by atoms with Crippen LogP contribution in [0, 0.1) is 23.0 Å². The fourth-order valence-electron chi connectivity index (χ4n) is 4.71. The lowest BCUT2D eigenvalue weighted by atomic mass is 9.93. The Hall–Kier alpha value is -3.15. The number of rotatable bonds is 7. The Kier molecular flexibility index (Phi) is 4.88. The van der Waals surface area contributed by atoms with Crippen molar-refractivity contribution in [1.82, 2.24) is 4.57 Å². The fraction of sp³-hybridized carbons (Fsp3) is 0.292. The summed E-state index contributed by atoms with van der Waals surface area (Å²) in [4.78, 5) is 12.2. The maximum absolute atomic E-state index is 13.4. The van der Waals surface area contributed by atoms with Gasteiger partial charge in [0.1, 0.15) is 28.9 Å². The van der Waals surface area contributed by atoms with Crippen LogP contribution in [0.5, 0.6) is 5.75 Å². The highest BCUT2D eigenvalue weighted by Gasteiger charge is 2.80. The number of ether oxygens (including phenoxy) is 1. The first kappa shape index (κ1) is 20.1. The van der Waals surface area contributed by atoms with Gasteiger partial charge in [0.25, 0.3) is 0 Å². The molecule has 0 bridgehead atoms. The standard InChI is InChI=1S/C24H23F2NO3/c1-23(2)21(22(28)29)24(23,30-19-11-9-18(26)10-12-19)20(27-13-3-4-14-27)15-16-5-7-17(25)8-6-16/h3-14,20-21H,15H2,1-2H3,(H,28,29). The first-order valence-electron chi connectivity index (χ1n) is 9.80. The molecule has 2 aromatic carbocycles. The molecular formula is C24H23F2NO3. The van der Waals surface area contributed by atoms with E-state index in [4.69, 9.17) is 4.74 Å². The number of carbonyl (C=O) groups is 1. The topological polar surface area (TPSA) is 51.5 Å². The van der Waals surface area contributed by atoms with Gasteiger partial charge < -0.3 is 14.4 Å². The van der Waals surface area contributed by atoms with Crippen LogP contribution in [0.15, 0.2) is 73.1 Å².